The molecule has 1 aromatic rings. The Labute approximate surface area is 81.1 Å². The third-order valence-corrected chi connectivity index (χ3v) is 2.41. The molecule has 0 aliphatic rings. The van der Waals surface area contributed by atoms with Gasteiger partial charge in [-0.15, -0.1) is 0 Å². The summed E-state index contributed by atoms with van der Waals surface area (Å²) >= 11 is 13.0. The van der Waals surface area contributed by atoms with Gasteiger partial charge < -0.3 is 5.73 Å². The molecule has 0 spiro atoms. The number of nitrogens with zero attached hydrogens (tertiary/aromatic N) is 2. The van der Waals surface area contributed by atoms with Gasteiger partial charge in [-0.2, -0.15) is 0 Å². The molecule has 3 nitrogen and oxygen atoms in total. The number of nitrogen functional groups attached to an aromatic ring is 1. The highest BCUT2D eigenvalue weighted by Crippen LogP contribution is 2.20. The van der Waals surface area contributed by atoms with Crippen LogP contribution in [0.15, 0.2) is 0 Å². The molecule has 6 heteroatoms. The molecule has 0 aliphatic carbocycles. The number of halogens is 3. The van der Waals surface area contributed by atoms with Crippen LogP contribution >= 0.6 is 45.8 Å². The second-order valence-electron chi connectivity index (χ2n) is 1.48. The van der Waals surface area contributed by atoms with Crippen molar-refractivity contribution in [2.24, 2.45) is 0 Å². The molecule has 0 aliphatic heterocycles. The molecule has 1 rings (SSSR count). The summed E-state index contributed by atoms with van der Waals surface area (Å²) in [5, 5.41) is 0.469. The lowest BCUT2D eigenvalue weighted by Gasteiger charge is -1.97. The van der Waals surface area contributed by atoms with Crippen molar-refractivity contribution < 1.29 is 0 Å². The lowest BCUT2D eigenvalue weighted by atomic mass is 10.7. The normalized spacial score (nSPS) is 9.90. The third-order valence-electron chi connectivity index (χ3n) is 0.797. The summed E-state index contributed by atoms with van der Waals surface area (Å²) in [4.78, 5) is 7.52. The van der Waals surface area contributed by atoms with Crippen molar-refractivity contribution in [3.63, 3.8) is 0 Å². The highest BCUT2D eigenvalue weighted by atomic mass is 127. The maximum atomic E-state index is 5.57. The number of hydrogen-bond acceptors (Lipinski definition) is 3. The molecule has 0 aromatic carbocycles. The Balaban J connectivity index is 3.28. The standard InChI is InChI=1S/C4H2Cl2IN3/c5-1-3(7)9-2(6)4(8)10-1/h(H2,8,10). The molecule has 0 radical (unpaired) electrons. The molecular weight excluding hydrogens is 288 g/mol. The van der Waals surface area contributed by atoms with Crippen molar-refractivity contribution in [2.75, 3.05) is 5.73 Å². The van der Waals surface area contributed by atoms with Gasteiger partial charge in [0, 0.05) is 0 Å². The quantitative estimate of drug-likeness (QED) is 0.743. The van der Waals surface area contributed by atoms with Gasteiger partial charge in [-0.3, -0.25) is 0 Å². The van der Waals surface area contributed by atoms with Crippen LogP contribution in [0.4, 0.5) is 5.82 Å². The molecule has 1 aromatic heterocycles. The number of hydrogen-bond donors (Lipinski definition) is 1. The molecule has 0 atom stereocenters. The highest BCUT2D eigenvalue weighted by Gasteiger charge is 2.04. The van der Waals surface area contributed by atoms with Gasteiger partial charge in [0.05, 0.1) is 0 Å². The van der Waals surface area contributed by atoms with Gasteiger partial charge in [-0.25, -0.2) is 9.97 Å². The van der Waals surface area contributed by atoms with Crippen molar-refractivity contribution >= 4 is 51.6 Å². The van der Waals surface area contributed by atoms with E-state index in [-0.39, 0.29) is 16.1 Å². The van der Waals surface area contributed by atoms with Crippen molar-refractivity contribution in [1.29, 1.82) is 0 Å². The topological polar surface area (TPSA) is 51.8 Å². The summed E-state index contributed by atoms with van der Waals surface area (Å²) in [6.07, 6.45) is 0. The maximum absolute atomic E-state index is 5.57. The van der Waals surface area contributed by atoms with Crippen molar-refractivity contribution in [1.82, 2.24) is 9.97 Å². The Morgan fingerprint density at radius 1 is 1.20 bits per heavy atom. The van der Waals surface area contributed by atoms with Crippen LogP contribution in [-0.4, -0.2) is 9.97 Å². The Hall–Kier alpha value is 0.190. The minimum atomic E-state index is 0.159. The fraction of sp³-hybridized carbons (Fsp3) is 0. The first-order valence-corrected chi connectivity index (χ1v) is 4.08. The van der Waals surface area contributed by atoms with E-state index in [1.807, 2.05) is 22.6 Å². The minimum absolute atomic E-state index is 0.159. The predicted octanol–water partition coefficient (Wildman–Crippen LogP) is 1.97. The average molecular weight is 290 g/mol. The number of rotatable bonds is 0. The SMILES string of the molecule is Nc1nc(Cl)c(I)nc1Cl. The van der Waals surface area contributed by atoms with Gasteiger partial charge in [-0.1, -0.05) is 23.2 Å². The van der Waals surface area contributed by atoms with Gasteiger partial charge >= 0.3 is 0 Å². The van der Waals surface area contributed by atoms with Crippen LogP contribution in [0, 0.1) is 3.70 Å². The van der Waals surface area contributed by atoms with Crippen LogP contribution < -0.4 is 5.73 Å². The summed E-state index contributed by atoms with van der Waals surface area (Å²) in [6.45, 7) is 0. The molecule has 54 valence electrons. The van der Waals surface area contributed by atoms with Gasteiger partial charge in [0.15, 0.2) is 16.1 Å². The highest BCUT2D eigenvalue weighted by molar-refractivity contribution is 14.1. The van der Waals surface area contributed by atoms with Gasteiger partial charge in [0.1, 0.15) is 3.70 Å². The molecular formula is C4H2Cl2IN3. The molecule has 2 N–H and O–H groups in total. The fourth-order valence-electron chi connectivity index (χ4n) is 0.388. The van der Waals surface area contributed by atoms with Gasteiger partial charge in [0.2, 0.25) is 0 Å². The van der Waals surface area contributed by atoms with E-state index in [9.17, 15) is 0 Å². The molecule has 0 saturated carbocycles. The first-order chi connectivity index (χ1) is 4.61. The van der Waals surface area contributed by atoms with Crippen molar-refractivity contribution in [2.45, 2.75) is 0 Å². The van der Waals surface area contributed by atoms with Crippen molar-refractivity contribution in [3.05, 3.63) is 14.0 Å². The minimum Gasteiger partial charge on any atom is -0.381 e. The largest absolute Gasteiger partial charge is 0.381 e. The van der Waals surface area contributed by atoms with E-state index in [0.717, 1.165) is 0 Å². The maximum Gasteiger partial charge on any atom is 0.172 e. The number of aromatic nitrogens is 2. The molecule has 0 unspecified atom stereocenters. The lowest BCUT2D eigenvalue weighted by Crippen LogP contribution is -1.96. The molecule has 0 fully saturated rings. The Morgan fingerprint density at radius 2 is 1.80 bits per heavy atom. The average Bonchev–Trinajstić information content (AvgIpc) is 1.84. The zero-order chi connectivity index (χ0) is 7.72. The van der Waals surface area contributed by atoms with E-state index < -0.39 is 0 Å². The van der Waals surface area contributed by atoms with Crippen LogP contribution in [0.3, 0.4) is 0 Å². The third kappa shape index (κ3) is 1.62. The summed E-state index contributed by atoms with van der Waals surface area (Å²) in [7, 11) is 0. The van der Waals surface area contributed by atoms with E-state index in [4.69, 9.17) is 28.9 Å². The van der Waals surface area contributed by atoms with E-state index in [2.05, 4.69) is 9.97 Å². The summed E-state index contributed by atoms with van der Waals surface area (Å²) in [6, 6.07) is 0. The van der Waals surface area contributed by atoms with Gasteiger partial charge in [0.25, 0.3) is 0 Å². The fourth-order valence-corrected chi connectivity index (χ4v) is 1.15. The number of anilines is 1. The van der Waals surface area contributed by atoms with E-state index >= 15 is 0 Å². The number of nitrogens with two attached hydrogens (primary N) is 1. The van der Waals surface area contributed by atoms with Crippen LogP contribution in [0.1, 0.15) is 0 Å². The zero-order valence-electron chi connectivity index (χ0n) is 4.61. The molecule has 0 saturated heterocycles. The second kappa shape index (κ2) is 3.06. The summed E-state index contributed by atoms with van der Waals surface area (Å²) in [5.74, 6) is 0.159. The first kappa shape index (κ1) is 8.29. The second-order valence-corrected chi connectivity index (χ2v) is 3.22. The Morgan fingerprint density at radius 3 is 2.30 bits per heavy atom. The van der Waals surface area contributed by atoms with E-state index in [1.165, 1.54) is 0 Å². The van der Waals surface area contributed by atoms with Crippen LogP contribution in [0.25, 0.3) is 0 Å². The smallest absolute Gasteiger partial charge is 0.172 e. The van der Waals surface area contributed by atoms with E-state index in [0.29, 0.717) is 3.70 Å². The van der Waals surface area contributed by atoms with Gasteiger partial charge in [-0.05, 0) is 22.6 Å². The van der Waals surface area contributed by atoms with Crippen LogP contribution in [-0.2, 0) is 0 Å². The monoisotopic (exact) mass is 289 g/mol. The molecule has 0 amide bonds. The molecule has 10 heavy (non-hydrogen) atoms. The predicted molar refractivity (Wildman–Crippen MR) is 49.2 cm³/mol. The molecule has 0 bridgehead atoms. The molecule has 1 heterocycles. The lowest BCUT2D eigenvalue weighted by molar-refractivity contribution is 1.17. The zero-order valence-corrected chi connectivity index (χ0v) is 8.28. The summed E-state index contributed by atoms with van der Waals surface area (Å²) in [5.41, 5.74) is 5.30. The summed E-state index contributed by atoms with van der Waals surface area (Å²) < 4.78 is 0.554. The first-order valence-electron chi connectivity index (χ1n) is 2.25. The van der Waals surface area contributed by atoms with Crippen LogP contribution in [0.2, 0.25) is 10.3 Å². The van der Waals surface area contributed by atoms with Crippen molar-refractivity contribution in [3.8, 4) is 0 Å². The Bertz CT molecular complexity index is 215. The van der Waals surface area contributed by atoms with Crippen LogP contribution in [0.5, 0.6) is 0 Å². The Kier molecular flexibility index (Phi) is 2.54. The van der Waals surface area contributed by atoms with E-state index in [1.54, 1.807) is 0 Å².